The average Bonchev–Trinajstić information content (AvgIpc) is 3.59. The smallest absolute Gasteiger partial charge is 0.290 e. The van der Waals surface area contributed by atoms with E-state index in [-0.39, 0.29) is 31.6 Å². The highest BCUT2D eigenvalue weighted by atomic mass is 16.5. The summed E-state index contributed by atoms with van der Waals surface area (Å²) < 4.78 is 23.3. The van der Waals surface area contributed by atoms with E-state index in [9.17, 15) is 19.8 Å². The van der Waals surface area contributed by atoms with Crippen molar-refractivity contribution in [2.75, 3.05) is 33.4 Å². The fourth-order valence-corrected chi connectivity index (χ4v) is 5.58. The van der Waals surface area contributed by atoms with Gasteiger partial charge in [0.1, 0.15) is 18.0 Å². The van der Waals surface area contributed by atoms with Crippen LogP contribution in [0.1, 0.15) is 42.3 Å². The fourth-order valence-electron chi connectivity index (χ4n) is 5.58. The molecule has 10 nitrogen and oxygen atoms in total. The van der Waals surface area contributed by atoms with Crippen LogP contribution in [-0.4, -0.2) is 84.7 Å². The summed E-state index contributed by atoms with van der Waals surface area (Å²) in [7, 11) is 1.53. The minimum atomic E-state index is -1.14. The average molecular weight is 565 g/mol. The molecule has 3 N–H and O–H groups in total. The van der Waals surface area contributed by atoms with E-state index < -0.39 is 36.0 Å². The molecule has 0 saturated carbocycles. The van der Waals surface area contributed by atoms with E-state index in [1.165, 1.54) is 12.0 Å². The van der Waals surface area contributed by atoms with Gasteiger partial charge < -0.3 is 39.1 Å². The maximum Gasteiger partial charge on any atom is 0.290 e. The SMILES string of the molecule is COc1cccc2cc(C(=O)N(CCCOC(C)C)[C@@H]3C=C(C(=O)NCCO)[C@@H]4c5ccccc5O[C@@H]4[C@H]3O)oc12. The van der Waals surface area contributed by atoms with Gasteiger partial charge in [0.25, 0.3) is 5.91 Å². The number of nitrogens with zero attached hydrogens (tertiary/aromatic N) is 1. The summed E-state index contributed by atoms with van der Waals surface area (Å²) in [5.74, 6) is -0.214. The molecule has 2 heterocycles. The molecule has 4 atom stereocenters. The van der Waals surface area contributed by atoms with Gasteiger partial charge in [-0.1, -0.05) is 30.3 Å². The van der Waals surface area contributed by atoms with Crippen molar-refractivity contribution in [1.29, 1.82) is 0 Å². The molecule has 41 heavy (non-hydrogen) atoms. The number of hydrogen-bond donors (Lipinski definition) is 3. The number of carbonyl (C=O) groups excluding carboxylic acids is 2. The lowest BCUT2D eigenvalue weighted by Gasteiger charge is -2.40. The molecule has 5 rings (SSSR count). The maximum absolute atomic E-state index is 14.1. The Hall–Kier alpha value is -3.86. The van der Waals surface area contributed by atoms with Crippen LogP contribution in [0.5, 0.6) is 11.5 Å². The molecule has 2 aliphatic rings. The minimum Gasteiger partial charge on any atom is -0.493 e. The summed E-state index contributed by atoms with van der Waals surface area (Å²) in [6.07, 6.45) is 0.223. The molecule has 0 unspecified atom stereocenters. The van der Waals surface area contributed by atoms with Crippen molar-refractivity contribution in [3.8, 4) is 11.5 Å². The van der Waals surface area contributed by atoms with Crippen LogP contribution in [0.2, 0.25) is 0 Å². The second-order valence-electron chi connectivity index (χ2n) is 10.4. The van der Waals surface area contributed by atoms with E-state index in [0.29, 0.717) is 41.1 Å². The number of nitrogens with one attached hydrogen (secondary N) is 1. The van der Waals surface area contributed by atoms with Gasteiger partial charge in [0.15, 0.2) is 17.1 Å². The Morgan fingerprint density at radius 3 is 2.71 bits per heavy atom. The lowest BCUT2D eigenvalue weighted by molar-refractivity contribution is -0.118. The van der Waals surface area contributed by atoms with E-state index >= 15 is 0 Å². The number of methoxy groups -OCH3 is 1. The third-order valence-electron chi connectivity index (χ3n) is 7.43. The highest BCUT2D eigenvalue weighted by Crippen LogP contribution is 2.47. The van der Waals surface area contributed by atoms with Crippen LogP contribution in [-0.2, 0) is 9.53 Å². The number of furan rings is 1. The molecule has 0 radical (unpaired) electrons. The highest BCUT2D eigenvalue weighted by Gasteiger charge is 2.50. The standard InChI is InChI=1S/C31H36N2O8/c1-18(2)39-15-7-13-33(31(37)25-16-19-8-6-11-24(38-3)28(19)41-25)22-17-21(30(36)32-12-14-34)26-20-9-4-5-10-23(20)40-29(26)27(22)35/h4-6,8-11,16-18,22,26-27,29,34-35H,7,12-15H2,1-3H3,(H,32,36)/t22-,26+,27+,29+/m1/s1. The highest BCUT2D eigenvalue weighted by molar-refractivity contribution is 5.99. The molecule has 0 fully saturated rings. The number of hydrogen-bond acceptors (Lipinski definition) is 8. The Bertz CT molecular complexity index is 1430. The van der Waals surface area contributed by atoms with Crippen molar-refractivity contribution < 1.29 is 38.4 Å². The summed E-state index contributed by atoms with van der Waals surface area (Å²) in [4.78, 5) is 29.0. The van der Waals surface area contributed by atoms with Gasteiger partial charge in [-0.25, -0.2) is 0 Å². The Labute approximate surface area is 238 Å². The molecule has 1 aromatic heterocycles. The van der Waals surface area contributed by atoms with Gasteiger partial charge in [-0.3, -0.25) is 9.59 Å². The van der Waals surface area contributed by atoms with Crippen LogP contribution in [0.25, 0.3) is 11.0 Å². The first kappa shape index (κ1) is 28.7. The number of para-hydroxylation sites is 2. The molecule has 218 valence electrons. The molecule has 10 heteroatoms. The lowest BCUT2D eigenvalue weighted by atomic mass is 9.77. The molecule has 1 aliphatic heterocycles. The van der Waals surface area contributed by atoms with Crippen molar-refractivity contribution in [2.45, 2.75) is 50.5 Å². The third kappa shape index (κ3) is 5.68. The molecule has 0 bridgehead atoms. The molecule has 1 aliphatic carbocycles. The van der Waals surface area contributed by atoms with Crippen molar-refractivity contribution in [2.24, 2.45) is 0 Å². The van der Waals surface area contributed by atoms with Gasteiger partial charge in [-0.2, -0.15) is 0 Å². The largest absolute Gasteiger partial charge is 0.493 e. The van der Waals surface area contributed by atoms with Crippen molar-refractivity contribution in [3.05, 3.63) is 71.5 Å². The van der Waals surface area contributed by atoms with Gasteiger partial charge in [-0.15, -0.1) is 0 Å². The Morgan fingerprint density at radius 1 is 1.15 bits per heavy atom. The molecule has 0 saturated heterocycles. The normalized spacial score (nSPS) is 21.2. The van der Waals surface area contributed by atoms with Crippen LogP contribution in [0.4, 0.5) is 0 Å². The quantitative estimate of drug-likeness (QED) is 0.303. The number of benzene rings is 2. The third-order valence-corrected chi connectivity index (χ3v) is 7.43. The van der Waals surface area contributed by atoms with Crippen molar-refractivity contribution in [1.82, 2.24) is 10.2 Å². The summed E-state index contributed by atoms with van der Waals surface area (Å²) >= 11 is 0. The molecule has 3 aromatic rings. The van der Waals surface area contributed by atoms with Crippen molar-refractivity contribution in [3.63, 3.8) is 0 Å². The predicted molar refractivity (Wildman–Crippen MR) is 151 cm³/mol. The van der Waals surface area contributed by atoms with Crippen LogP contribution < -0.4 is 14.8 Å². The number of fused-ring (bicyclic) bond motifs is 4. The van der Waals surface area contributed by atoms with Gasteiger partial charge in [0, 0.05) is 36.2 Å². The van der Waals surface area contributed by atoms with Gasteiger partial charge >= 0.3 is 0 Å². The second-order valence-corrected chi connectivity index (χ2v) is 10.4. The number of amides is 2. The van der Waals surface area contributed by atoms with Gasteiger partial charge in [0.2, 0.25) is 5.91 Å². The van der Waals surface area contributed by atoms with E-state index in [4.69, 9.17) is 18.6 Å². The molecule has 2 aromatic carbocycles. The van der Waals surface area contributed by atoms with Crippen LogP contribution in [0.15, 0.2) is 64.6 Å². The Balaban J connectivity index is 1.54. The number of rotatable bonds is 11. The Morgan fingerprint density at radius 2 is 1.95 bits per heavy atom. The van der Waals surface area contributed by atoms with Crippen LogP contribution >= 0.6 is 0 Å². The van der Waals surface area contributed by atoms with E-state index in [0.717, 1.165) is 5.56 Å². The topological polar surface area (TPSA) is 131 Å². The number of ether oxygens (including phenoxy) is 3. The van der Waals surface area contributed by atoms with E-state index in [2.05, 4.69) is 5.32 Å². The second kappa shape index (κ2) is 12.3. The first-order valence-electron chi connectivity index (χ1n) is 13.9. The summed E-state index contributed by atoms with van der Waals surface area (Å²) in [6.45, 7) is 4.35. The molecule has 0 spiro atoms. The molecular weight excluding hydrogens is 528 g/mol. The van der Waals surface area contributed by atoms with Gasteiger partial charge in [0.05, 0.1) is 31.8 Å². The van der Waals surface area contributed by atoms with Crippen LogP contribution in [0, 0.1) is 0 Å². The minimum absolute atomic E-state index is 0.0233. The summed E-state index contributed by atoms with van der Waals surface area (Å²) in [6, 6.07) is 13.5. The zero-order valence-electron chi connectivity index (χ0n) is 23.4. The van der Waals surface area contributed by atoms with Crippen molar-refractivity contribution >= 4 is 22.8 Å². The summed E-state index contributed by atoms with van der Waals surface area (Å²) in [5, 5.41) is 24.4. The Kier molecular flexibility index (Phi) is 8.63. The number of carbonyl (C=O) groups is 2. The lowest BCUT2D eigenvalue weighted by Crippen LogP contribution is -2.56. The summed E-state index contributed by atoms with van der Waals surface area (Å²) in [5.41, 5.74) is 1.60. The predicted octanol–water partition coefficient (Wildman–Crippen LogP) is 3.02. The molecule has 2 amide bonds. The molecular formula is C31H36N2O8. The zero-order valence-corrected chi connectivity index (χ0v) is 23.4. The fraction of sp³-hybridized carbons (Fsp3) is 0.419. The van der Waals surface area contributed by atoms with Gasteiger partial charge in [-0.05, 0) is 44.5 Å². The first-order chi connectivity index (χ1) is 19.8. The van der Waals surface area contributed by atoms with E-state index in [1.807, 2.05) is 44.2 Å². The monoisotopic (exact) mass is 564 g/mol. The zero-order chi connectivity index (χ0) is 29.1. The number of aliphatic hydroxyl groups excluding tert-OH is 2. The first-order valence-corrected chi connectivity index (χ1v) is 13.9. The number of aliphatic hydroxyl groups is 2. The van der Waals surface area contributed by atoms with E-state index in [1.54, 1.807) is 24.3 Å². The van der Waals surface area contributed by atoms with Crippen LogP contribution in [0.3, 0.4) is 0 Å². The maximum atomic E-state index is 14.1.